The number of halogens is 1. The van der Waals surface area contributed by atoms with E-state index in [4.69, 9.17) is 5.10 Å². The molecule has 136 valence electrons. The Balaban J connectivity index is 0.00000288. The molecule has 24 heavy (non-hydrogen) atoms. The van der Waals surface area contributed by atoms with Crippen molar-refractivity contribution in [3.05, 3.63) is 17.5 Å². The van der Waals surface area contributed by atoms with E-state index >= 15 is 0 Å². The maximum absolute atomic E-state index is 10.8. The van der Waals surface area contributed by atoms with Crippen molar-refractivity contribution in [1.82, 2.24) is 25.7 Å². The third-order valence-electron chi connectivity index (χ3n) is 3.98. The molecule has 0 saturated heterocycles. The van der Waals surface area contributed by atoms with E-state index in [-0.39, 0.29) is 29.9 Å². The highest BCUT2D eigenvalue weighted by Gasteiger charge is 2.22. The van der Waals surface area contributed by atoms with Crippen LogP contribution in [0, 0.1) is 0 Å². The number of hydrogen-bond acceptors (Lipinski definition) is 3. The highest BCUT2D eigenvalue weighted by atomic mass is 127. The van der Waals surface area contributed by atoms with Gasteiger partial charge in [-0.3, -0.25) is 14.5 Å². The van der Waals surface area contributed by atoms with Gasteiger partial charge in [0, 0.05) is 51.8 Å². The molecule has 7 nitrogen and oxygen atoms in total. The van der Waals surface area contributed by atoms with Gasteiger partial charge in [0.25, 0.3) is 0 Å². The summed E-state index contributed by atoms with van der Waals surface area (Å²) in [5.41, 5.74) is 2.56. The summed E-state index contributed by atoms with van der Waals surface area (Å²) in [6.45, 7) is 7.05. The minimum Gasteiger partial charge on any atom is -0.355 e. The molecule has 1 unspecified atom stereocenters. The van der Waals surface area contributed by atoms with E-state index in [2.05, 4.69) is 41.0 Å². The van der Waals surface area contributed by atoms with Gasteiger partial charge in [0.15, 0.2) is 5.96 Å². The monoisotopic (exact) mass is 448 g/mol. The smallest absolute Gasteiger partial charge is 0.216 e. The number of aromatic nitrogens is 2. The molecule has 1 amide bonds. The summed E-state index contributed by atoms with van der Waals surface area (Å²) in [7, 11) is 1.76. The van der Waals surface area contributed by atoms with Crippen molar-refractivity contribution in [1.29, 1.82) is 0 Å². The molecular weight excluding hydrogens is 419 g/mol. The number of guanidine groups is 1. The van der Waals surface area contributed by atoms with Gasteiger partial charge in [-0.1, -0.05) is 0 Å². The van der Waals surface area contributed by atoms with Gasteiger partial charge in [-0.25, -0.2) is 0 Å². The first-order valence-corrected chi connectivity index (χ1v) is 8.28. The molecule has 1 aliphatic rings. The second kappa shape index (κ2) is 9.85. The van der Waals surface area contributed by atoms with Crippen molar-refractivity contribution >= 4 is 35.8 Å². The molecule has 1 aromatic rings. The van der Waals surface area contributed by atoms with Crippen molar-refractivity contribution in [2.75, 3.05) is 20.1 Å². The molecule has 0 aliphatic heterocycles. The number of rotatable bonds is 5. The fraction of sp³-hybridized carbons (Fsp3) is 0.688. The molecule has 0 bridgehead atoms. The highest BCUT2D eigenvalue weighted by Crippen LogP contribution is 2.21. The number of fused-ring (bicyclic) bond motifs is 1. The van der Waals surface area contributed by atoms with Crippen molar-refractivity contribution in [2.45, 2.75) is 52.1 Å². The summed E-state index contributed by atoms with van der Waals surface area (Å²) in [6.07, 6.45) is 5.21. The average Bonchev–Trinajstić information content (AvgIpc) is 2.93. The predicted molar refractivity (Wildman–Crippen MR) is 107 cm³/mol. The second-order valence-electron chi connectivity index (χ2n) is 6.24. The van der Waals surface area contributed by atoms with Gasteiger partial charge < -0.3 is 16.0 Å². The molecule has 2 rings (SSSR count). The summed E-state index contributed by atoms with van der Waals surface area (Å²) < 4.78 is 2.05. The van der Waals surface area contributed by atoms with E-state index in [9.17, 15) is 4.79 Å². The van der Waals surface area contributed by atoms with Crippen molar-refractivity contribution in [2.24, 2.45) is 4.99 Å². The topological polar surface area (TPSA) is 83.3 Å². The number of aryl methyl sites for hydroxylation is 1. The van der Waals surface area contributed by atoms with Crippen molar-refractivity contribution < 1.29 is 4.79 Å². The first-order chi connectivity index (χ1) is 11.0. The second-order valence-corrected chi connectivity index (χ2v) is 6.24. The maximum atomic E-state index is 10.8. The Labute approximate surface area is 161 Å². The van der Waals surface area contributed by atoms with Crippen LogP contribution in [0.25, 0.3) is 0 Å². The van der Waals surface area contributed by atoms with Crippen LogP contribution < -0.4 is 16.0 Å². The predicted octanol–water partition coefficient (Wildman–Crippen LogP) is 1.24. The van der Waals surface area contributed by atoms with Gasteiger partial charge in [-0.2, -0.15) is 5.10 Å². The summed E-state index contributed by atoms with van der Waals surface area (Å²) in [5, 5.41) is 14.1. The number of carbonyl (C=O) groups is 1. The highest BCUT2D eigenvalue weighted by molar-refractivity contribution is 14.0. The molecule has 0 spiro atoms. The van der Waals surface area contributed by atoms with E-state index in [0.717, 1.165) is 25.2 Å². The number of hydrogen-bond donors (Lipinski definition) is 3. The zero-order chi connectivity index (χ0) is 16.8. The van der Waals surface area contributed by atoms with E-state index in [0.29, 0.717) is 25.2 Å². The molecule has 3 N–H and O–H groups in total. The molecule has 0 aromatic carbocycles. The number of carbonyl (C=O) groups excluding carboxylic acids is 1. The molecule has 0 radical (unpaired) electrons. The lowest BCUT2D eigenvalue weighted by Gasteiger charge is -2.24. The normalized spacial score (nSPS) is 17.0. The van der Waals surface area contributed by atoms with Crippen LogP contribution in [0.15, 0.2) is 11.2 Å². The van der Waals surface area contributed by atoms with Crippen LogP contribution in [-0.4, -0.2) is 47.8 Å². The number of amides is 1. The van der Waals surface area contributed by atoms with E-state index in [1.807, 2.05) is 4.68 Å². The van der Waals surface area contributed by atoms with E-state index in [1.165, 1.54) is 18.2 Å². The van der Waals surface area contributed by atoms with Crippen LogP contribution in [0.5, 0.6) is 0 Å². The van der Waals surface area contributed by atoms with E-state index < -0.39 is 0 Å². The fourth-order valence-electron chi connectivity index (χ4n) is 2.71. The van der Waals surface area contributed by atoms with Crippen molar-refractivity contribution in [3.63, 3.8) is 0 Å². The minimum atomic E-state index is -0.0182. The first kappa shape index (κ1) is 20.7. The number of nitrogens with zero attached hydrogens (tertiary/aromatic N) is 3. The third kappa shape index (κ3) is 5.95. The SMILES string of the molecule is CN=C(NCCNC(C)=O)NC1CCc2cn(C(C)C)nc2C1.I. The van der Waals surface area contributed by atoms with Crippen LogP contribution in [0.3, 0.4) is 0 Å². The van der Waals surface area contributed by atoms with E-state index in [1.54, 1.807) is 7.05 Å². The lowest BCUT2D eigenvalue weighted by molar-refractivity contribution is -0.118. The molecule has 1 aliphatic carbocycles. The Kier molecular flexibility index (Phi) is 8.51. The Morgan fingerprint density at radius 2 is 2.12 bits per heavy atom. The standard InChI is InChI=1S/C16H28N6O.HI/c1-11(2)22-10-13-5-6-14(9-15(13)21-22)20-16(17-4)19-8-7-18-12(3)23;/h10-11,14H,5-9H2,1-4H3,(H,18,23)(H2,17,19,20);1H. The lowest BCUT2D eigenvalue weighted by atomic mass is 9.94. The zero-order valence-corrected chi connectivity index (χ0v) is 17.3. The zero-order valence-electron chi connectivity index (χ0n) is 14.9. The molecule has 0 fully saturated rings. The van der Waals surface area contributed by atoms with Crippen molar-refractivity contribution in [3.8, 4) is 0 Å². The van der Waals surface area contributed by atoms with Gasteiger partial charge in [0.05, 0.1) is 5.69 Å². The van der Waals surface area contributed by atoms with Gasteiger partial charge in [-0.15, -0.1) is 24.0 Å². The summed E-state index contributed by atoms with van der Waals surface area (Å²) >= 11 is 0. The molecule has 1 atom stereocenters. The quantitative estimate of drug-likeness (QED) is 0.274. The van der Waals surface area contributed by atoms with Gasteiger partial charge >= 0.3 is 0 Å². The largest absolute Gasteiger partial charge is 0.355 e. The third-order valence-corrected chi connectivity index (χ3v) is 3.98. The molecule has 1 aromatic heterocycles. The van der Waals surface area contributed by atoms with Crippen LogP contribution in [0.2, 0.25) is 0 Å². The summed E-state index contributed by atoms with van der Waals surface area (Å²) in [5.74, 6) is 0.752. The Hall–Kier alpha value is -1.32. The van der Waals surface area contributed by atoms with Gasteiger partial charge in [0.2, 0.25) is 5.91 Å². The molecule has 1 heterocycles. The minimum absolute atomic E-state index is 0. The molecule has 0 saturated carbocycles. The van der Waals surface area contributed by atoms with Crippen LogP contribution in [-0.2, 0) is 17.6 Å². The van der Waals surface area contributed by atoms with Crippen LogP contribution in [0.1, 0.15) is 44.5 Å². The summed E-state index contributed by atoms with van der Waals surface area (Å²) in [6, 6.07) is 0.736. The lowest BCUT2D eigenvalue weighted by Crippen LogP contribution is -2.47. The Morgan fingerprint density at radius 1 is 1.42 bits per heavy atom. The fourth-order valence-corrected chi connectivity index (χ4v) is 2.71. The molecular formula is C16H29IN6O. The summed E-state index contributed by atoms with van der Waals surface area (Å²) in [4.78, 5) is 15.1. The Bertz CT molecular complexity index is 569. The van der Waals surface area contributed by atoms with Crippen LogP contribution in [0.4, 0.5) is 0 Å². The Morgan fingerprint density at radius 3 is 2.75 bits per heavy atom. The van der Waals surface area contributed by atoms with Gasteiger partial charge in [-0.05, 0) is 32.3 Å². The average molecular weight is 448 g/mol. The first-order valence-electron chi connectivity index (χ1n) is 8.28. The molecule has 8 heteroatoms. The van der Waals surface area contributed by atoms with Crippen LogP contribution >= 0.6 is 24.0 Å². The number of nitrogens with one attached hydrogen (secondary N) is 3. The number of aliphatic imine (C=N–C) groups is 1. The maximum Gasteiger partial charge on any atom is 0.216 e. The van der Waals surface area contributed by atoms with Gasteiger partial charge in [0.1, 0.15) is 0 Å².